The maximum absolute atomic E-state index is 12.1. The summed E-state index contributed by atoms with van der Waals surface area (Å²) in [5.74, 6) is 0.662. The second kappa shape index (κ2) is 7.36. The molecule has 2 aliphatic rings. The van der Waals surface area contributed by atoms with E-state index in [0.717, 1.165) is 23.1 Å². The normalized spacial score (nSPS) is 25.0. The van der Waals surface area contributed by atoms with Crippen LogP contribution in [0.15, 0.2) is 39.9 Å². The van der Waals surface area contributed by atoms with E-state index in [4.69, 9.17) is 13.9 Å². The van der Waals surface area contributed by atoms with Crippen LogP contribution in [0.4, 0.5) is 0 Å². The Bertz CT molecular complexity index is 808. The Hall–Kier alpha value is -2.56. The lowest BCUT2D eigenvalue weighted by molar-refractivity contribution is -0.139. The summed E-state index contributed by atoms with van der Waals surface area (Å²) >= 11 is 0. The summed E-state index contributed by atoms with van der Waals surface area (Å²) in [5.41, 5.74) is 3.17. The third kappa shape index (κ3) is 3.82. The van der Waals surface area contributed by atoms with Gasteiger partial charge in [0.25, 0.3) is 0 Å². The molecule has 0 unspecified atom stereocenters. The van der Waals surface area contributed by atoms with Gasteiger partial charge in [0.2, 0.25) is 0 Å². The van der Waals surface area contributed by atoms with Crippen LogP contribution >= 0.6 is 0 Å². The highest BCUT2D eigenvalue weighted by molar-refractivity contribution is 5.91. The van der Waals surface area contributed by atoms with E-state index in [-0.39, 0.29) is 18.0 Å². The fourth-order valence-corrected chi connectivity index (χ4v) is 3.48. The third-order valence-corrected chi connectivity index (χ3v) is 4.94. The van der Waals surface area contributed by atoms with Gasteiger partial charge in [0.05, 0.1) is 7.11 Å². The molecule has 1 aromatic heterocycles. The van der Waals surface area contributed by atoms with Crippen LogP contribution < -0.4 is 0 Å². The molecule has 0 spiro atoms. The van der Waals surface area contributed by atoms with E-state index in [0.29, 0.717) is 36.3 Å². The van der Waals surface area contributed by atoms with Crippen LogP contribution in [-0.4, -0.2) is 25.2 Å². The Kier molecular flexibility index (Phi) is 5.16. The van der Waals surface area contributed by atoms with E-state index in [2.05, 4.69) is 6.58 Å². The van der Waals surface area contributed by atoms with Gasteiger partial charge >= 0.3 is 11.9 Å². The summed E-state index contributed by atoms with van der Waals surface area (Å²) in [7, 11) is 1.36. The lowest BCUT2D eigenvalue weighted by Crippen LogP contribution is -2.11. The van der Waals surface area contributed by atoms with Crippen LogP contribution in [0.3, 0.4) is 0 Å². The SMILES string of the molecule is C=C(C)[C@H]1CCC2=C[C@@H](C/C(C)=C\c3cc(C(=O)OC)c(o3)C1)OC2=O. The van der Waals surface area contributed by atoms with Crippen molar-refractivity contribution >= 4 is 18.0 Å². The molecule has 0 aliphatic carbocycles. The molecule has 2 aliphatic heterocycles. The highest BCUT2D eigenvalue weighted by Gasteiger charge is 2.28. The van der Waals surface area contributed by atoms with Crippen molar-refractivity contribution in [2.45, 2.75) is 45.6 Å². The number of esters is 2. The van der Waals surface area contributed by atoms with Crippen molar-refractivity contribution in [3.05, 3.63) is 52.5 Å². The second-order valence-electron chi connectivity index (χ2n) is 7.09. The molecular weight excluding hydrogens is 332 g/mol. The number of carbonyl (C=O) groups excluding carboxylic acids is 2. The molecule has 0 fully saturated rings. The predicted octanol–water partition coefficient (Wildman–Crippen LogP) is 4.24. The number of carbonyl (C=O) groups is 2. The first-order valence-electron chi connectivity index (χ1n) is 8.82. The zero-order valence-electron chi connectivity index (χ0n) is 15.5. The number of allylic oxidation sites excluding steroid dienone is 1. The molecule has 0 saturated carbocycles. The largest absolute Gasteiger partial charge is 0.465 e. The van der Waals surface area contributed by atoms with Crippen LogP contribution in [0.5, 0.6) is 0 Å². The lowest BCUT2D eigenvalue weighted by atomic mass is 9.89. The first-order valence-corrected chi connectivity index (χ1v) is 8.82. The van der Waals surface area contributed by atoms with Crippen LogP contribution in [0.25, 0.3) is 6.08 Å². The van der Waals surface area contributed by atoms with Crippen LogP contribution in [-0.2, 0) is 20.7 Å². The number of hydrogen-bond donors (Lipinski definition) is 0. The molecule has 0 radical (unpaired) electrons. The van der Waals surface area contributed by atoms with Crippen molar-refractivity contribution in [2.24, 2.45) is 5.92 Å². The summed E-state index contributed by atoms with van der Waals surface area (Å²) in [5, 5.41) is 0. The van der Waals surface area contributed by atoms with E-state index < -0.39 is 5.97 Å². The van der Waals surface area contributed by atoms with E-state index >= 15 is 0 Å². The summed E-state index contributed by atoms with van der Waals surface area (Å²) in [4.78, 5) is 24.2. The van der Waals surface area contributed by atoms with Gasteiger partial charge in [0, 0.05) is 18.4 Å². The fourth-order valence-electron chi connectivity index (χ4n) is 3.48. The number of fused-ring (bicyclic) bond motifs is 3. The van der Waals surface area contributed by atoms with E-state index in [1.165, 1.54) is 7.11 Å². The average Bonchev–Trinajstić information content (AvgIpc) is 3.13. The van der Waals surface area contributed by atoms with Gasteiger partial charge in [-0.05, 0) is 50.8 Å². The maximum Gasteiger partial charge on any atom is 0.341 e. The van der Waals surface area contributed by atoms with Crippen molar-refractivity contribution in [3.8, 4) is 0 Å². The highest BCUT2D eigenvalue weighted by atomic mass is 16.5. The second-order valence-corrected chi connectivity index (χ2v) is 7.09. The Balaban J connectivity index is 2.01. The molecule has 0 aromatic carbocycles. The Morgan fingerprint density at radius 1 is 1.35 bits per heavy atom. The minimum atomic E-state index is -0.407. The molecule has 3 rings (SSSR count). The Morgan fingerprint density at radius 3 is 2.81 bits per heavy atom. The summed E-state index contributed by atoms with van der Waals surface area (Å²) < 4.78 is 16.3. The third-order valence-electron chi connectivity index (χ3n) is 4.94. The minimum Gasteiger partial charge on any atom is -0.465 e. The molecule has 1 aromatic rings. The summed E-state index contributed by atoms with van der Waals surface area (Å²) in [6.07, 6.45) is 6.07. The summed E-state index contributed by atoms with van der Waals surface area (Å²) in [6.45, 7) is 7.98. The quantitative estimate of drug-likeness (QED) is 0.586. The summed E-state index contributed by atoms with van der Waals surface area (Å²) in [6, 6.07) is 1.72. The minimum absolute atomic E-state index is 0.0935. The van der Waals surface area contributed by atoms with Gasteiger partial charge in [-0.1, -0.05) is 17.7 Å². The molecule has 5 nitrogen and oxygen atoms in total. The zero-order chi connectivity index (χ0) is 18.8. The molecule has 0 amide bonds. The highest BCUT2D eigenvalue weighted by Crippen LogP contribution is 2.31. The standard InChI is InChI=1S/C21H24O5/c1-12(2)14-5-6-15-9-16(26-20(15)22)7-13(3)8-17-11-18(21(23)24-4)19(10-14)25-17/h8-9,11,14,16H,1,5-7,10H2,2-4H3/b13-8-/t14-,16+/m0/s1. The predicted molar refractivity (Wildman–Crippen MR) is 97.5 cm³/mol. The number of furan rings is 1. The maximum atomic E-state index is 12.1. The van der Waals surface area contributed by atoms with E-state index in [1.807, 2.05) is 26.0 Å². The first-order chi connectivity index (χ1) is 12.4. The molecular formula is C21H24O5. The van der Waals surface area contributed by atoms with Crippen molar-refractivity contribution in [1.82, 2.24) is 0 Å². The van der Waals surface area contributed by atoms with Gasteiger partial charge in [0.15, 0.2) is 0 Å². The van der Waals surface area contributed by atoms with Crippen LogP contribution in [0.1, 0.15) is 55.0 Å². The Labute approximate surface area is 153 Å². The lowest BCUT2D eigenvalue weighted by Gasteiger charge is -2.16. The van der Waals surface area contributed by atoms with Crippen molar-refractivity contribution < 1.29 is 23.5 Å². The molecule has 138 valence electrons. The van der Waals surface area contributed by atoms with Crippen LogP contribution in [0.2, 0.25) is 0 Å². The molecule has 5 heteroatoms. The smallest absolute Gasteiger partial charge is 0.341 e. The molecule has 2 atom stereocenters. The van der Waals surface area contributed by atoms with Crippen molar-refractivity contribution in [1.29, 1.82) is 0 Å². The number of hydrogen-bond acceptors (Lipinski definition) is 5. The first kappa shape index (κ1) is 18.2. The van der Waals surface area contributed by atoms with E-state index in [1.54, 1.807) is 6.07 Å². The molecule has 0 N–H and O–H groups in total. The molecule has 4 bridgehead atoms. The van der Waals surface area contributed by atoms with Gasteiger partial charge in [-0.3, -0.25) is 0 Å². The van der Waals surface area contributed by atoms with Crippen molar-refractivity contribution in [2.75, 3.05) is 7.11 Å². The monoisotopic (exact) mass is 356 g/mol. The van der Waals surface area contributed by atoms with Gasteiger partial charge in [0.1, 0.15) is 23.2 Å². The van der Waals surface area contributed by atoms with Gasteiger partial charge in [-0.2, -0.15) is 0 Å². The number of ether oxygens (including phenoxy) is 2. The topological polar surface area (TPSA) is 65.7 Å². The van der Waals surface area contributed by atoms with E-state index in [9.17, 15) is 9.59 Å². The number of rotatable bonds is 2. The van der Waals surface area contributed by atoms with Gasteiger partial charge in [-0.25, -0.2) is 9.59 Å². The number of methoxy groups -OCH3 is 1. The van der Waals surface area contributed by atoms with Crippen molar-refractivity contribution in [3.63, 3.8) is 0 Å². The average molecular weight is 356 g/mol. The molecule has 26 heavy (non-hydrogen) atoms. The fraction of sp³-hybridized carbons (Fsp3) is 0.429. The Morgan fingerprint density at radius 2 is 2.12 bits per heavy atom. The molecule has 0 saturated heterocycles. The van der Waals surface area contributed by atoms with Gasteiger partial charge < -0.3 is 13.9 Å². The zero-order valence-corrected chi connectivity index (χ0v) is 15.5. The van der Waals surface area contributed by atoms with Gasteiger partial charge in [-0.15, -0.1) is 0 Å². The van der Waals surface area contributed by atoms with Crippen LogP contribution in [0, 0.1) is 5.92 Å². The molecule has 3 heterocycles.